The van der Waals surface area contributed by atoms with Gasteiger partial charge in [0.1, 0.15) is 17.7 Å². The van der Waals surface area contributed by atoms with Crippen molar-refractivity contribution in [1.82, 2.24) is 9.97 Å². The van der Waals surface area contributed by atoms with E-state index in [1.807, 2.05) is 20.8 Å². The third-order valence-electron chi connectivity index (χ3n) is 5.34. The first-order valence-corrected chi connectivity index (χ1v) is 9.74. The Hall–Kier alpha value is -2.74. The minimum Gasteiger partial charge on any atom is -0.484 e. The van der Waals surface area contributed by atoms with Crippen LogP contribution in [0.5, 0.6) is 5.75 Å². The Morgan fingerprint density at radius 3 is 2.72 bits per heavy atom. The van der Waals surface area contributed by atoms with Crippen molar-refractivity contribution in [2.45, 2.75) is 44.8 Å². The molecule has 4 rings (SSSR count). The maximum Gasteiger partial charge on any atom is 0.167 e. The van der Waals surface area contributed by atoms with E-state index >= 15 is 0 Å². The molecule has 1 aromatic carbocycles. The van der Waals surface area contributed by atoms with Gasteiger partial charge < -0.3 is 20.1 Å². The van der Waals surface area contributed by atoms with Gasteiger partial charge in [0.15, 0.2) is 11.6 Å². The summed E-state index contributed by atoms with van der Waals surface area (Å²) in [6, 6.07) is 4.46. The molecule has 1 saturated carbocycles. The number of nitrogens with two attached hydrogens (primary N) is 1. The van der Waals surface area contributed by atoms with Crippen molar-refractivity contribution in [2.75, 3.05) is 30.3 Å². The SMILES string of the molecule is CC1(C)CN(c2cc(C(=N)c3cc(OC4(C)CC4)c(F)cc3N)ncn2)CCO1.[HH]. The number of nitrogens with zero attached hydrogens (tertiary/aromatic N) is 3. The van der Waals surface area contributed by atoms with E-state index in [0.29, 0.717) is 31.0 Å². The van der Waals surface area contributed by atoms with Crippen LogP contribution in [0.2, 0.25) is 0 Å². The van der Waals surface area contributed by atoms with Crippen LogP contribution < -0.4 is 15.4 Å². The fourth-order valence-electron chi connectivity index (χ4n) is 3.41. The summed E-state index contributed by atoms with van der Waals surface area (Å²) in [5.74, 6) is 0.313. The van der Waals surface area contributed by atoms with Crippen molar-refractivity contribution >= 4 is 17.2 Å². The Morgan fingerprint density at radius 2 is 2.03 bits per heavy atom. The lowest BCUT2D eigenvalue weighted by Crippen LogP contribution is -2.48. The lowest BCUT2D eigenvalue weighted by Gasteiger charge is -2.38. The van der Waals surface area contributed by atoms with Gasteiger partial charge in [-0.15, -0.1) is 0 Å². The molecule has 0 amide bonds. The van der Waals surface area contributed by atoms with Crippen LogP contribution in [0.4, 0.5) is 15.9 Å². The van der Waals surface area contributed by atoms with Crippen LogP contribution >= 0.6 is 0 Å². The van der Waals surface area contributed by atoms with Gasteiger partial charge in [-0.1, -0.05) is 0 Å². The summed E-state index contributed by atoms with van der Waals surface area (Å²) in [7, 11) is 0. The summed E-state index contributed by atoms with van der Waals surface area (Å²) in [6.07, 6.45) is 3.20. The maximum atomic E-state index is 14.3. The molecule has 0 radical (unpaired) electrons. The van der Waals surface area contributed by atoms with E-state index in [1.54, 1.807) is 6.07 Å². The second kappa shape index (κ2) is 6.95. The summed E-state index contributed by atoms with van der Waals surface area (Å²) < 4.78 is 25.9. The van der Waals surface area contributed by atoms with Crippen molar-refractivity contribution in [3.8, 4) is 5.75 Å². The zero-order valence-corrected chi connectivity index (χ0v) is 17.0. The average molecular weight is 401 g/mol. The summed E-state index contributed by atoms with van der Waals surface area (Å²) in [5, 5.41) is 8.62. The van der Waals surface area contributed by atoms with Crippen molar-refractivity contribution in [3.05, 3.63) is 41.6 Å². The van der Waals surface area contributed by atoms with Crippen LogP contribution in [0.15, 0.2) is 24.5 Å². The molecule has 0 bridgehead atoms. The number of ether oxygens (including phenoxy) is 2. The van der Waals surface area contributed by atoms with Crippen LogP contribution in [-0.2, 0) is 4.74 Å². The minimum absolute atomic E-state index is 0. The van der Waals surface area contributed by atoms with Gasteiger partial charge >= 0.3 is 0 Å². The molecule has 1 aliphatic heterocycles. The van der Waals surface area contributed by atoms with E-state index in [-0.39, 0.29) is 29.8 Å². The predicted octanol–water partition coefficient (Wildman–Crippen LogP) is 3.41. The highest BCUT2D eigenvalue weighted by atomic mass is 19.1. The zero-order chi connectivity index (χ0) is 20.8. The van der Waals surface area contributed by atoms with Crippen LogP contribution in [0, 0.1) is 11.2 Å². The van der Waals surface area contributed by atoms with Gasteiger partial charge in [-0.05, 0) is 39.7 Å². The number of nitrogens with one attached hydrogen (secondary N) is 1. The van der Waals surface area contributed by atoms with Crippen LogP contribution in [0.3, 0.4) is 0 Å². The Bertz CT molecular complexity index is 964. The van der Waals surface area contributed by atoms with E-state index in [9.17, 15) is 4.39 Å². The van der Waals surface area contributed by atoms with Gasteiger partial charge in [0.05, 0.1) is 23.6 Å². The molecule has 1 aromatic heterocycles. The first kappa shape index (κ1) is 19.6. The number of anilines is 2. The number of hydrogen-bond acceptors (Lipinski definition) is 7. The average Bonchev–Trinajstić information content (AvgIpc) is 3.40. The third-order valence-corrected chi connectivity index (χ3v) is 5.34. The zero-order valence-electron chi connectivity index (χ0n) is 17.0. The molecule has 3 N–H and O–H groups in total. The van der Waals surface area contributed by atoms with E-state index in [0.717, 1.165) is 18.7 Å². The molecule has 8 heteroatoms. The highest BCUT2D eigenvalue weighted by molar-refractivity contribution is 6.13. The Kier molecular flexibility index (Phi) is 4.69. The van der Waals surface area contributed by atoms with E-state index in [4.69, 9.17) is 20.6 Å². The van der Waals surface area contributed by atoms with Crippen molar-refractivity contribution in [3.63, 3.8) is 0 Å². The molecule has 2 aromatic rings. The number of hydrogen-bond donors (Lipinski definition) is 2. The van der Waals surface area contributed by atoms with Crippen molar-refractivity contribution in [2.24, 2.45) is 0 Å². The molecule has 29 heavy (non-hydrogen) atoms. The van der Waals surface area contributed by atoms with Crippen LogP contribution in [0.1, 0.15) is 46.3 Å². The molecule has 7 nitrogen and oxygen atoms in total. The largest absolute Gasteiger partial charge is 0.484 e. The van der Waals surface area contributed by atoms with Gasteiger partial charge in [-0.3, -0.25) is 5.41 Å². The Balaban J connectivity index is 0.00000256. The van der Waals surface area contributed by atoms with Gasteiger partial charge in [0.25, 0.3) is 0 Å². The summed E-state index contributed by atoms with van der Waals surface area (Å²) in [5.41, 5.74) is 6.49. The molecular formula is C21H28FN5O2. The lowest BCUT2D eigenvalue weighted by atomic mass is 10.0. The molecule has 0 atom stereocenters. The number of halogens is 1. The topological polar surface area (TPSA) is 97.4 Å². The smallest absolute Gasteiger partial charge is 0.167 e. The molecule has 1 aliphatic carbocycles. The third kappa shape index (κ3) is 4.17. The molecular weight excluding hydrogens is 373 g/mol. The standard InChI is InChI=1S/C21H26FN5O2.H2/c1-20(2)11-27(6-7-28-20)18-10-16(25-12-26-18)19(24)13-8-17(14(22)9-15(13)23)29-21(3)4-5-21;/h8-10,12,24H,4-7,11,23H2,1-3H3;1H. The number of nitrogen functional groups attached to an aromatic ring is 1. The van der Waals surface area contributed by atoms with Crippen LogP contribution in [-0.4, -0.2) is 46.6 Å². The van der Waals surface area contributed by atoms with Crippen molar-refractivity contribution < 1.29 is 15.3 Å². The van der Waals surface area contributed by atoms with Gasteiger partial charge in [-0.2, -0.15) is 0 Å². The number of aromatic nitrogens is 2. The van der Waals surface area contributed by atoms with E-state index in [1.165, 1.54) is 18.5 Å². The summed E-state index contributed by atoms with van der Waals surface area (Å²) in [6.45, 7) is 8.01. The molecule has 2 fully saturated rings. The molecule has 2 heterocycles. The fourth-order valence-corrected chi connectivity index (χ4v) is 3.41. The first-order valence-electron chi connectivity index (χ1n) is 9.74. The predicted molar refractivity (Wildman–Crippen MR) is 111 cm³/mol. The fraction of sp³-hybridized carbons (Fsp3) is 0.476. The highest BCUT2D eigenvalue weighted by Crippen LogP contribution is 2.41. The quantitative estimate of drug-likeness (QED) is 0.589. The molecule has 0 spiro atoms. The second-order valence-corrected chi connectivity index (χ2v) is 8.59. The number of rotatable bonds is 5. The normalized spacial score (nSPS) is 19.7. The molecule has 1 saturated heterocycles. The minimum atomic E-state index is -0.522. The van der Waals surface area contributed by atoms with Gasteiger partial charge in [0.2, 0.25) is 0 Å². The Labute approximate surface area is 171 Å². The monoisotopic (exact) mass is 401 g/mol. The second-order valence-electron chi connectivity index (χ2n) is 8.59. The first-order chi connectivity index (χ1) is 13.7. The van der Waals surface area contributed by atoms with E-state index in [2.05, 4.69) is 14.9 Å². The van der Waals surface area contributed by atoms with Gasteiger partial charge in [-0.25, -0.2) is 14.4 Å². The summed E-state index contributed by atoms with van der Waals surface area (Å²) >= 11 is 0. The molecule has 2 aliphatic rings. The Morgan fingerprint density at radius 1 is 1.28 bits per heavy atom. The van der Waals surface area contributed by atoms with Crippen LogP contribution in [0.25, 0.3) is 0 Å². The molecule has 156 valence electrons. The summed E-state index contributed by atoms with van der Waals surface area (Å²) in [4.78, 5) is 10.7. The lowest BCUT2D eigenvalue weighted by molar-refractivity contribution is -0.0279. The molecule has 0 unspecified atom stereocenters. The van der Waals surface area contributed by atoms with Crippen molar-refractivity contribution in [1.29, 1.82) is 5.41 Å². The number of morpholine rings is 1. The maximum absolute atomic E-state index is 14.3. The van der Waals surface area contributed by atoms with E-state index < -0.39 is 5.82 Å². The highest BCUT2D eigenvalue weighted by Gasteiger charge is 2.40. The number of benzene rings is 1. The van der Waals surface area contributed by atoms with Gasteiger partial charge in [0, 0.05) is 37.9 Å².